The van der Waals surface area contributed by atoms with E-state index in [1.54, 1.807) is 4.90 Å². The molecule has 1 aliphatic rings. The highest BCUT2D eigenvalue weighted by Crippen LogP contribution is 2.30. The van der Waals surface area contributed by atoms with Crippen molar-refractivity contribution in [1.82, 2.24) is 9.47 Å². The Morgan fingerprint density at radius 2 is 2.32 bits per heavy atom. The van der Waals surface area contributed by atoms with Gasteiger partial charge in [0, 0.05) is 23.3 Å². The van der Waals surface area contributed by atoms with E-state index in [9.17, 15) is 4.79 Å². The number of carbonyl (C=O) groups excluding carboxylic acids is 1. The predicted octanol–water partition coefficient (Wildman–Crippen LogP) is 3.32. The second kappa shape index (κ2) is 5.83. The van der Waals surface area contributed by atoms with Gasteiger partial charge in [-0.2, -0.15) is 0 Å². The van der Waals surface area contributed by atoms with Crippen LogP contribution in [0.5, 0.6) is 0 Å². The van der Waals surface area contributed by atoms with Gasteiger partial charge in [-0.1, -0.05) is 5.92 Å². The Balaban J connectivity index is 2.22. The van der Waals surface area contributed by atoms with Crippen molar-refractivity contribution in [3.05, 3.63) is 22.4 Å². The molecule has 3 nitrogen and oxygen atoms in total. The number of hydrogen-bond donors (Lipinski definition) is 0. The van der Waals surface area contributed by atoms with Gasteiger partial charge in [-0.25, -0.2) is 0 Å². The molecule has 0 radical (unpaired) electrons. The first-order valence-corrected chi connectivity index (χ1v) is 7.42. The van der Waals surface area contributed by atoms with Gasteiger partial charge in [0.2, 0.25) is 0 Å². The second-order valence-corrected chi connectivity index (χ2v) is 6.29. The molecule has 1 aliphatic carbocycles. The topological polar surface area (TPSA) is 25.2 Å². The van der Waals surface area contributed by atoms with E-state index in [2.05, 4.69) is 35.7 Å². The summed E-state index contributed by atoms with van der Waals surface area (Å²) in [5.41, 5.74) is 0.706. The first-order valence-electron chi connectivity index (χ1n) is 6.63. The number of nitrogens with zero attached hydrogens (tertiary/aromatic N) is 2. The van der Waals surface area contributed by atoms with E-state index in [0.717, 1.165) is 11.0 Å². The van der Waals surface area contributed by atoms with Crippen molar-refractivity contribution in [2.45, 2.75) is 32.7 Å². The Bertz CT molecular complexity index is 509. The van der Waals surface area contributed by atoms with Crippen LogP contribution in [0, 0.1) is 18.3 Å². The number of halogens is 1. The number of aromatic nitrogens is 1. The van der Waals surface area contributed by atoms with E-state index in [1.165, 1.54) is 12.8 Å². The summed E-state index contributed by atoms with van der Waals surface area (Å²) < 4.78 is 2.92. The Labute approximate surface area is 123 Å². The standard InChI is InChI=1S/C15H19BrN2O/c1-4-7-17(9-12-5-6-12)15(19)14-8-13(16)10-18(14)11(2)3/h1,8,10-12H,5-7,9H2,2-3H3. The van der Waals surface area contributed by atoms with Crippen LogP contribution in [0.4, 0.5) is 0 Å². The van der Waals surface area contributed by atoms with Gasteiger partial charge in [0.25, 0.3) is 5.91 Å². The minimum absolute atomic E-state index is 0.0317. The van der Waals surface area contributed by atoms with Crippen molar-refractivity contribution in [3.8, 4) is 12.3 Å². The lowest BCUT2D eigenvalue weighted by molar-refractivity contribution is 0.0757. The van der Waals surface area contributed by atoms with E-state index in [4.69, 9.17) is 6.42 Å². The van der Waals surface area contributed by atoms with Crippen LogP contribution in [0.2, 0.25) is 0 Å². The molecule has 102 valence electrons. The molecule has 1 amide bonds. The van der Waals surface area contributed by atoms with Gasteiger partial charge >= 0.3 is 0 Å². The molecule has 0 bridgehead atoms. The van der Waals surface area contributed by atoms with Gasteiger partial charge in [-0.3, -0.25) is 4.79 Å². The monoisotopic (exact) mass is 322 g/mol. The highest BCUT2D eigenvalue weighted by Gasteiger charge is 2.28. The van der Waals surface area contributed by atoms with Crippen LogP contribution in [-0.2, 0) is 0 Å². The number of carbonyl (C=O) groups is 1. The number of hydrogen-bond acceptors (Lipinski definition) is 1. The maximum atomic E-state index is 12.6. The smallest absolute Gasteiger partial charge is 0.271 e. The molecule has 1 heterocycles. The van der Waals surface area contributed by atoms with E-state index in [0.29, 0.717) is 18.2 Å². The maximum absolute atomic E-state index is 12.6. The largest absolute Gasteiger partial charge is 0.340 e. The zero-order valence-corrected chi connectivity index (χ0v) is 13.0. The highest BCUT2D eigenvalue weighted by molar-refractivity contribution is 9.10. The third-order valence-corrected chi connectivity index (χ3v) is 3.77. The van der Waals surface area contributed by atoms with Crippen LogP contribution < -0.4 is 0 Å². The summed E-state index contributed by atoms with van der Waals surface area (Å²) in [6, 6.07) is 2.12. The molecule has 4 heteroatoms. The van der Waals surface area contributed by atoms with Crippen LogP contribution in [0.15, 0.2) is 16.7 Å². The first-order chi connectivity index (χ1) is 9.02. The number of rotatable bonds is 5. The highest BCUT2D eigenvalue weighted by atomic mass is 79.9. The van der Waals surface area contributed by atoms with Crippen molar-refractivity contribution in [1.29, 1.82) is 0 Å². The number of amides is 1. The predicted molar refractivity (Wildman–Crippen MR) is 80.0 cm³/mol. The fourth-order valence-electron chi connectivity index (χ4n) is 2.15. The molecule has 1 aromatic heterocycles. The molecule has 0 N–H and O–H groups in total. The quantitative estimate of drug-likeness (QED) is 0.763. The summed E-state index contributed by atoms with van der Waals surface area (Å²) >= 11 is 3.44. The van der Waals surface area contributed by atoms with Crippen molar-refractivity contribution in [2.75, 3.05) is 13.1 Å². The van der Waals surface area contributed by atoms with Crippen LogP contribution in [0.1, 0.15) is 43.2 Å². The summed E-state index contributed by atoms with van der Waals surface area (Å²) in [6.07, 6.45) is 9.76. The molecule has 0 atom stereocenters. The van der Waals surface area contributed by atoms with Crippen molar-refractivity contribution in [3.63, 3.8) is 0 Å². The summed E-state index contributed by atoms with van der Waals surface area (Å²) in [5.74, 6) is 3.26. The molecule has 0 unspecified atom stereocenters. The van der Waals surface area contributed by atoms with Crippen LogP contribution in [-0.4, -0.2) is 28.5 Å². The van der Waals surface area contributed by atoms with E-state index in [-0.39, 0.29) is 11.9 Å². The Kier molecular flexibility index (Phi) is 4.36. The second-order valence-electron chi connectivity index (χ2n) is 5.38. The lowest BCUT2D eigenvalue weighted by atomic mass is 10.3. The van der Waals surface area contributed by atoms with Gasteiger partial charge in [-0.15, -0.1) is 6.42 Å². The lowest BCUT2D eigenvalue weighted by Gasteiger charge is -2.22. The van der Waals surface area contributed by atoms with Crippen LogP contribution in [0.3, 0.4) is 0 Å². The SMILES string of the molecule is C#CCN(CC1CC1)C(=O)c1cc(Br)cn1C(C)C. The summed E-state index contributed by atoms with van der Waals surface area (Å²) in [4.78, 5) is 14.4. The Morgan fingerprint density at radius 3 is 2.84 bits per heavy atom. The van der Waals surface area contributed by atoms with Crippen molar-refractivity contribution < 1.29 is 4.79 Å². The van der Waals surface area contributed by atoms with E-state index >= 15 is 0 Å². The molecule has 19 heavy (non-hydrogen) atoms. The Morgan fingerprint density at radius 1 is 1.63 bits per heavy atom. The third-order valence-electron chi connectivity index (χ3n) is 3.34. The molecule has 1 fully saturated rings. The first kappa shape index (κ1) is 14.2. The lowest BCUT2D eigenvalue weighted by Crippen LogP contribution is -2.34. The van der Waals surface area contributed by atoms with Gasteiger partial charge in [0.05, 0.1) is 6.54 Å². The van der Waals surface area contributed by atoms with E-state index in [1.807, 2.05) is 16.8 Å². The van der Waals surface area contributed by atoms with Gasteiger partial charge in [-0.05, 0) is 54.6 Å². The average molecular weight is 323 g/mol. The van der Waals surface area contributed by atoms with Crippen LogP contribution in [0.25, 0.3) is 0 Å². The fraction of sp³-hybridized carbons (Fsp3) is 0.533. The third kappa shape index (κ3) is 3.42. The van der Waals surface area contributed by atoms with Gasteiger partial charge < -0.3 is 9.47 Å². The molecular weight excluding hydrogens is 304 g/mol. The zero-order valence-electron chi connectivity index (χ0n) is 11.4. The molecule has 1 saturated carbocycles. The summed E-state index contributed by atoms with van der Waals surface area (Å²) in [7, 11) is 0. The molecule has 0 spiro atoms. The molecular formula is C15H19BrN2O. The van der Waals surface area contributed by atoms with Crippen molar-refractivity contribution >= 4 is 21.8 Å². The Hall–Kier alpha value is -1.21. The normalized spacial score (nSPS) is 14.5. The minimum Gasteiger partial charge on any atom is -0.340 e. The maximum Gasteiger partial charge on any atom is 0.271 e. The molecule has 0 aromatic carbocycles. The molecule has 0 saturated heterocycles. The summed E-state index contributed by atoms with van der Waals surface area (Å²) in [6.45, 7) is 5.30. The van der Waals surface area contributed by atoms with Gasteiger partial charge in [0.1, 0.15) is 5.69 Å². The number of terminal acetylenes is 1. The zero-order chi connectivity index (χ0) is 14.0. The van der Waals surface area contributed by atoms with E-state index < -0.39 is 0 Å². The fourth-order valence-corrected chi connectivity index (χ4v) is 2.59. The van der Waals surface area contributed by atoms with Crippen LogP contribution >= 0.6 is 15.9 Å². The molecule has 0 aliphatic heterocycles. The average Bonchev–Trinajstić information content (AvgIpc) is 3.08. The summed E-state index contributed by atoms with van der Waals surface area (Å²) in [5, 5.41) is 0. The molecule has 2 rings (SSSR count). The molecule has 1 aromatic rings. The minimum atomic E-state index is 0.0317. The van der Waals surface area contributed by atoms with Gasteiger partial charge in [0.15, 0.2) is 0 Å². The van der Waals surface area contributed by atoms with Crippen molar-refractivity contribution in [2.24, 2.45) is 5.92 Å².